The van der Waals surface area contributed by atoms with Crippen LogP contribution in [0.1, 0.15) is 19.8 Å². The van der Waals surface area contributed by atoms with Crippen LogP contribution in [0, 0.1) is 0 Å². The fourth-order valence-electron chi connectivity index (χ4n) is 0.858. The van der Waals surface area contributed by atoms with Gasteiger partial charge in [-0.2, -0.15) is 0 Å². The van der Waals surface area contributed by atoms with Crippen LogP contribution < -0.4 is 11.1 Å². The Balaban J connectivity index is 3.62. The molecule has 0 saturated heterocycles. The molecule has 0 aliphatic carbocycles. The van der Waals surface area contributed by atoms with Gasteiger partial charge in [-0.05, 0) is 6.42 Å². The lowest BCUT2D eigenvalue weighted by Gasteiger charge is -2.12. The lowest BCUT2D eigenvalue weighted by molar-refractivity contribution is -0.147. The molecule has 0 amide bonds. The number of ether oxygens (including phenoxy) is 1. The third-order valence-electron chi connectivity index (χ3n) is 1.44. The summed E-state index contributed by atoms with van der Waals surface area (Å²) in [5.74, 6) is -0.621. The number of nitrogens with two attached hydrogens (primary N) is 1. The van der Waals surface area contributed by atoms with Crippen molar-refractivity contribution in [3.63, 3.8) is 0 Å². The van der Waals surface area contributed by atoms with Gasteiger partial charge in [-0.15, -0.1) is 0 Å². The average Bonchev–Trinajstić information content (AvgIpc) is 2.01. The highest BCUT2D eigenvalue weighted by Gasteiger charge is 2.14. The molecule has 0 bridgehead atoms. The minimum atomic E-state index is -4.12. The van der Waals surface area contributed by atoms with E-state index in [0.717, 1.165) is 6.42 Å². The van der Waals surface area contributed by atoms with Crippen molar-refractivity contribution in [3.05, 3.63) is 0 Å². The fraction of sp³-hybridized carbons (Fsp3) is 0.857. The van der Waals surface area contributed by atoms with E-state index >= 15 is 0 Å². The average molecular weight is 240 g/mol. The zero-order valence-corrected chi connectivity index (χ0v) is 9.44. The monoisotopic (exact) mass is 240 g/mol. The molecular weight excluding hydrogens is 223 g/mol. The maximum absolute atomic E-state index is 11.0. The van der Waals surface area contributed by atoms with Gasteiger partial charge in [-0.3, -0.25) is 20.4 Å². The molecule has 0 heterocycles. The summed E-state index contributed by atoms with van der Waals surface area (Å²) >= 11 is 0. The SMILES string of the molecule is CCCC(N)OC(=O)CNCP(=O)(O)O. The van der Waals surface area contributed by atoms with Gasteiger partial charge in [-0.1, -0.05) is 13.3 Å². The lowest BCUT2D eigenvalue weighted by Crippen LogP contribution is -2.32. The molecule has 15 heavy (non-hydrogen) atoms. The van der Waals surface area contributed by atoms with E-state index in [1.807, 2.05) is 6.92 Å². The molecule has 0 spiro atoms. The Bertz CT molecular complexity index is 242. The highest BCUT2D eigenvalue weighted by Crippen LogP contribution is 2.31. The molecule has 0 radical (unpaired) electrons. The highest BCUT2D eigenvalue weighted by molar-refractivity contribution is 7.51. The molecule has 90 valence electrons. The molecule has 0 fully saturated rings. The Morgan fingerprint density at radius 1 is 1.60 bits per heavy atom. The Morgan fingerprint density at radius 3 is 2.67 bits per heavy atom. The molecule has 0 saturated carbocycles. The molecule has 0 aliphatic heterocycles. The predicted molar refractivity (Wildman–Crippen MR) is 53.9 cm³/mol. The zero-order chi connectivity index (χ0) is 11.9. The first-order valence-electron chi connectivity index (χ1n) is 4.55. The quantitative estimate of drug-likeness (QED) is 0.264. The summed E-state index contributed by atoms with van der Waals surface area (Å²) in [4.78, 5) is 27.9. The van der Waals surface area contributed by atoms with Gasteiger partial charge in [0, 0.05) is 0 Å². The van der Waals surface area contributed by atoms with Gasteiger partial charge in [0.2, 0.25) is 0 Å². The third kappa shape index (κ3) is 9.84. The molecule has 0 aliphatic rings. The highest BCUT2D eigenvalue weighted by atomic mass is 31.2. The van der Waals surface area contributed by atoms with Crippen LogP contribution in [-0.4, -0.2) is 34.8 Å². The van der Waals surface area contributed by atoms with Crippen LogP contribution in [0.4, 0.5) is 0 Å². The summed E-state index contributed by atoms with van der Waals surface area (Å²) in [7, 11) is -4.12. The van der Waals surface area contributed by atoms with E-state index in [1.54, 1.807) is 0 Å². The Hall–Kier alpha value is -0.460. The number of rotatable bonds is 7. The third-order valence-corrected chi connectivity index (χ3v) is 2.08. The topological polar surface area (TPSA) is 122 Å². The minimum Gasteiger partial charge on any atom is -0.446 e. The second-order valence-corrected chi connectivity index (χ2v) is 4.71. The number of hydrogen-bond acceptors (Lipinski definition) is 5. The molecule has 0 aromatic heterocycles. The van der Waals surface area contributed by atoms with Crippen LogP contribution in [0.15, 0.2) is 0 Å². The van der Waals surface area contributed by atoms with E-state index in [9.17, 15) is 9.36 Å². The first-order valence-corrected chi connectivity index (χ1v) is 6.35. The summed E-state index contributed by atoms with van der Waals surface area (Å²) in [5.41, 5.74) is 5.42. The van der Waals surface area contributed by atoms with Crippen molar-refractivity contribution in [2.45, 2.75) is 26.0 Å². The van der Waals surface area contributed by atoms with Gasteiger partial charge < -0.3 is 14.5 Å². The van der Waals surface area contributed by atoms with Gasteiger partial charge >= 0.3 is 13.6 Å². The second-order valence-electron chi connectivity index (χ2n) is 3.07. The number of hydrogen-bond donors (Lipinski definition) is 4. The van der Waals surface area contributed by atoms with Crippen LogP contribution in [0.3, 0.4) is 0 Å². The Morgan fingerprint density at radius 2 is 2.20 bits per heavy atom. The van der Waals surface area contributed by atoms with Gasteiger partial charge in [0.15, 0.2) is 6.23 Å². The number of nitrogens with one attached hydrogen (secondary N) is 1. The number of carbonyl (C=O) groups is 1. The van der Waals surface area contributed by atoms with Crippen molar-refractivity contribution in [1.82, 2.24) is 5.32 Å². The first-order chi connectivity index (χ1) is 6.85. The van der Waals surface area contributed by atoms with Crippen molar-refractivity contribution in [3.8, 4) is 0 Å². The lowest BCUT2D eigenvalue weighted by atomic mass is 10.3. The summed E-state index contributed by atoms with van der Waals surface area (Å²) in [5, 5.41) is 2.28. The molecule has 0 aromatic carbocycles. The van der Waals surface area contributed by atoms with Crippen molar-refractivity contribution in [2.24, 2.45) is 5.73 Å². The first kappa shape index (κ1) is 14.5. The van der Waals surface area contributed by atoms with Crippen LogP contribution >= 0.6 is 7.60 Å². The maximum Gasteiger partial charge on any atom is 0.339 e. The molecule has 0 aromatic rings. The van der Waals surface area contributed by atoms with Crippen molar-refractivity contribution >= 4 is 13.6 Å². The molecule has 7 nitrogen and oxygen atoms in total. The Labute approximate surface area is 88.1 Å². The minimum absolute atomic E-state index is 0.261. The van der Waals surface area contributed by atoms with E-state index in [0.29, 0.717) is 6.42 Å². The molecule has 1 unspecified atom stereocenters. The predicted octanol–water partition coefficient (Wildman–Crippen LogP) is -0.661. The summed E-state index contributed by atoms with van der Waals surface area (Å²) in [6, 6.07) is 0. The number of esters is 1. The Kier molecular flexibility index (Phi) is 6.71. The molecular formula is C7H17N2O5P. The van der Waals surface area contributed by atoms with Crippen LogP contribution in [-0.2, 0) is 14.1 Å². The fourth-order valence-corrected chi connectivity index (χ4v) is 1.26. The molecule has 5 N–H and O–H groups in total. The zero-order valence-electron chi connectivity index (χ0n) is 8.55. The second kappa shape index (κ2) is 6.92. The van der Waals surface area contributed by atoms with E-state index in [-0.39, 0.29) is 6.54 Å². The molecule has 1 atom stereocenters. The summed E-state index contributed by atoms with van der Waals surface area (Å²) in [6.45, 7) is 1.64. The van der Waals surface area contributed by atoms with Crippen molar-refractivity contribution in [1.29, 1.82) is 0 Å². The smallest absolute Gasteiger partial charge is 0.339 e. The largest absolute Gasteiger partial charge is 0.446 e. The molecule has 0 rings (SSSR count). The van der Waals surface area contributed by atoms with Gasteiger partial charge in [0.25, 0.3) is 0 Å². The van der Waals surface area contributed by atoms with Crippen LogP contribution in [0.25, 0.3) is 0 Å². The maximum atomic E-state index is 11.0. The van der Waals surface area contributed by atoms with E-state index in [2.05, 4.69) is 5.32 Å². The van der Waals surface area contributed by atoms with Crippen LogP contribution in [0.5, 0.6) is 0 Å². The number of carbonyl (C=O) groups excluding carboxylic acids is 1. The molecule has 8 heteroatoms. The summed E-state index contributed by atoms with van der Waals surface area (Å²) in [6.07, 6.45) is 0.152. The summed E-state index contributed by atoms with van der Waals surface area (Å²) < 4.78 is 15.1. The van der Waals surface area contributed by atoms with Crippen molar-refractivity contribution in [2.75, 3.05) is 12.8 Å². The van der Waals surface area contributed by atoms with Gasteiger partial charge in [-0.25, -0.2) is 0 Å². The van der Waals surface area contributed by atoms with E-state index in [4.69, 9.17) is 20.3 Å². The van der Waals surface area contributed by atoms with E-state index < -0.39 is 26.1 Å². The van der Waals surface area contributed by atoms with Gasteiger partial charge in [0.1, 0.15) is 0 Å². The normalized spacial score (nSPS) is 13.6. The van der Waals surface area contributed by atoms with Crippen LogP contribution in [0.2, 0.25) is 0 Å². The standard InChI is InChI=1S/C7H17N2O5P/c1-2-3-6(8)14-7(10)4-9-5-15(11,12)13/h6,9H,2-5,8H2,1H3,(H2,11,12,13). The van der Waals surface area contributed by atoms with Gasteiger partial charge in [0.05, 0.1) is 12.8 Å². The van der Waals surface area contributed by atoms with E-state index in [1.165, 1.54) is 0 Å². The van der Waals surface area contributed by atoms with Crippen molar-refractivity contribution < 1.29 is 23.9 Å².